The van der Waals surface area contributed by atoms with E-state index >= 15 is 0 Å². The van der Waals surface area contributed by atoms with Crippen LogP contribution in [0.2, 0.25) is 0 Å². The predicted octanol–water partition coefficient (Wildman–Crippen LogP) is 3.25. The van der Waals surface area contributed by atoms with Gasteiger partial charge in [-0.15, -0.1) is 0 Å². The lowest BCUT2D eigenvalue weighted by atomic mass is 9.82. The Labute approximate surface area is 163 Å². The van der Waals surface area contributed by atoms with Crippen LogP contribution in [0.25, 0.3) is 0 Å². The molecule has 0 aromatic carbocycles. The molecule has 0 aromatic heterocycles. The van der Waals surface area contributed by atoms with Crippen LogP contribution in [0.3, 0.4) is 0 Å². The van der Waals surface area contributed by atoms with Gasteiger partial charge in [0.15, 0.2) is 5.78 Å². The van der Waals surface area contributed by atoms with Gasteiger partial charge in [-0.3, -0.25) is 9.59 Å². The van der Waals surface area contributed by atoms with Crippen molar-refractivity contribution in [3.63, 3.8) is 0 Å². The van der Waals surface area contributed by atoms with E-state index in [2.05, 4.69) is 31.4 Å². The normalized spacial score (nSPS) is 21.5. The van der Waals surface area contributed by atoms with Gasteiger partial charge in [-0.2, -0.15) is 0 Å². The van der Waals surface area contributed by atoms with Gasteiger partial charge in [0.2, 0.25) is 5.91 Å². The van der Waals surface area contributed by atoms with E-state index in [1.54, 1.807) is 6.92 Å². The van der Waals surface area contributed by atoms with Crippen molar-refractivity contribution >= 4 is 17.7 Å². The zero-order chi connectivity index (χ0) is 20.0. The molecule has 1 aliphatic carbocycles. The van der Waals surface area contributed by atoms with Gasteiger partial charge in [0.1, 0.15) is 0 Å². The van der Waals surface area contributed by atoms with E-state index in [0.29, 0.717) is 13.0 Å². The van der Waals surface area contributed by atoms with E-state index in [9.17, 15) is 14.4 Å². The molecule has 1 aliphatic heterocycles. The first-order valence-corrected chi connectivity index (χ1v) is 10.5. The number of likely N-dealkylation sites (tertiary alicyclic amines) is 1. The number of ketones is 1. The maximum absolute atomic E-state index is 12.7. The van der Waals surface area contributed by atoms with E-state index < -0.39 is 6.04 Å². The SMILES string of the molecule is CC(=O)C(NC(=O)NC(CN1CCCCC1=O)C(C)(C)C)C1CCCCC1. The molecule has 2 unspecified atom stereocenters. The molecular formula is C21H37N3O3. The van der Waals surface area contributed by atoms with E-state index in [1.807, 2.05) is 4.90 Å². The molecule has 1 heterocycles. The highest BCUT2D eigenvalue weighted by Crippen LogP contribution is 2.27. The summed E-state index contributed by atoms with van der Waals surface area (Å²) in [6, 6.07) is -0.883. The second kappa shape index (κ2) is 9.56. The molecule has 6 nitrogen and oxygen atoms in total. The summed E-state index contributed by atoms with van der Waals surface area (Å²) in [6.45, 7) is 9.03. The van der Waals surface area contributed by atoms with Crippen molar-refractivity contribution in [1.82, 2.24) is 15.5 Å². The molecule has 0 aromatic rings. The molecule has 6 heteroatoms. The molecule has 2 N–H and O–H groups in total. The van der Waals surface area contributed by atoms with Crippen molar-refractivity contribution in [2.24, 2.45) is 11.3 Å². The minimum atomic E-state index is -0.414. The Morgan fingerprint density at radius 2 is 1.74 bits per heavy atom. The monoisotopic (exact) mass is 379 g/mol. The highest BCUT2D eigenvalue weighted by Gasteiger charge is 2.33. The third-order valence-electron chi connectivity index (χ3n) is 6.02. The molecule has 2 aliphatic rings. The van der Waals surface area contributed by atoms with Crippen molar-refractivity contribution in [2.45, 2.75) is 91.1 Å². The first kappa shape index (κ1) is 21.7. The molecule has 0 radical (unpaired) electrons. The van der Waals surface area contributed by atoms with E-state index in [-0.39, 0.29) is 35.1 Å². The number of piperidine rings is 1. The minimum Gasteiger partial charge on any atom is -0.341 e. The summed E-state index contributed by atoms with van der Waals surface area (Å²) in [7, 11) is 0. The average molecular weight is 380 g/mol. The number of carbonyl (C=O) groups is 3. The van der Waals surface area contributed by atoms with E-state index in [1.165, 1.54) is 6.42 Å². The molecule has 3 amide bonds. The lowest BCUT2D eigenvalue weighted by Gasteiger charge is -2.38. The van der Waals surface area contributed by atoms with Crippen LogP contribution in [-0.2, 0) is 9.59 Å². The molecular weight excluding hydrogens is 342 g/mol. The van der Waals surface area contributed by atoms with Gasteiger partial charge in [-0.05, 0) is 43.9 Å². The number of carbonyl (C=O) groups excluding carboxylic acids is 3. The highest BCUT2D eigenvalue weighted by atomic mass is 16.2. The van der Waals surface area contributed by atoms with Crippen LogP contribution in [-0.4, -0.2) is 47.8 Å². The Morgan fingerprint density at radius 3 is 2.30 bits per heavy atom. The molecule has 2 fully saturated rings. The topological polar surface area (TPSA) is 78.5 Å². The number of Topliss-reactive ketones (excluding diaryl/α,β-unsaturated/α-hetero) is 1. The summed E-state index contributed by atoms with van der Waals surface area (Å²) in [5.74, 6) is 0.427. The maximum Gasteiger partial charge on any atom is 0.315 e. The largest absolute Gasteiger partial charge is 0.341 e. The Balaban J connectivity index is 1.99. The third-order valence-corrected chi connectivity index (χ3v) is 6.02. The standard InChI is InChI=1S/C21H37N3O3/c1-15(25)19(16-10-6-5-7-11-16)23-20(27)22-17(21(2,3)4)14-24-13-9-8-12-18(24)26/h16-17,19H,5-14H2,1-4H3,(H2,22,23,27). The van der Waals surface area contributed by atoms with Crippen LogP contribution in [0.4, 0.5) is 4.79 Å². The summed E-state index contributed by atoms with van der Waals surface area (Å²) in [6.07, 6.45) is 8.01. The second-order valence-corrected chi connectivity index (χ2v) is 9.32. The van der Waals surface area contributed by atoms with Gasteiger partial charge in [-0.1, -0.05) is 40.0 Å². The van der Waals surface area contributed by atoms with Gasteiger partial charge in [-0.25, -0.2) is 4.79 Å². The Bertz CT molecular complexity index is 535. The quantitative estimate of drug-likeness (QED) is 0.743. The first-order valence-electron chi connectivity index (χ1n) is 10.5. The summed E-state index contributed by atoms with van der Waals surface area (Å²) in [5, 5.41) is 5.99. The van der Waals surface area contributed by atoms with Crippen LogP contribution in [0, 0.1) is 11.3 Å². The van der Waals surface area contributed by atoms with Crippen molar-refractivity contribution in [1.29, 1.82) is 0 Å². The average Bonchev–Trinajstić information content (AvgIpc) is 2.60. The molecule has 1 saturated carbocycles. The van der Waals surface area contributed by atoms with Crippen molar-refractivity contribution in [3.05, 3.63) is 0 Å². The van der Waals surface area contributed by atoms with E-state index in [0.717, 1.165) is 45.1 Å². The van der Waals surface area contributed by atoms with Gasteiger partial charge < -0.3 is 15.5 Å². The van der Waals surface area contributed by atoms with Crippen LogP contribution in [0.1, 0.15) is 79.1 Å². The van der Waals surface area contributed by atoms with Gasteiger partial charge in [0.25, 0.3) is 0 Å². The van der Waals surface area contributed by atoms with Crippen LogP contribution in [0.15, 0.2) is 0 Å². The molecule has 2 atom stereocenters. The number of urea groups is 1. The van der Waals surface area contributed by atoms with E-state index in [4.69, 9.17) is 0 Å². The number of rotatable bonds is 6. The number of nitrogens with one attached hydrogen (secondary N) is 2. The summed E-state index contributed by atoms with van der Waals surface area (Å²) < 4.78 is 0. The third kappa shape index (κ3) is 6.51. The molecule has 27 heavy (non-hydrogen) atoms. The minimum absolute atomic E-state index is 0.0237. The second-order valence-electron chi connectivity index (χ2n) is 9.32. The molecule has 1 saturated heterocycles. The Kier molecular flexibility index (Phi) is 7.68. The van der Waals surface area contributed by atoms with Gasteiger partial charge in [0.05, 0.1) is 12.1 Å². The van der Waals surface area contributed by atoms with Crippen molar-refractivity contribution in [3.8, 4) is 0 Å². The fourth-order valence-corrected chi connectivity index (χ4v) is 4.17. The van der Waals surface area contributed by atoms with Crippen LogP contribution >= 0.6 is 0 Å². The lowest BCUT2D eigenvalue weighted by Crippen LogP contribution is -2.57. The first-order chi connectivity index (χ1) is 12.7. The molecule has 154 valence electrons. The number of hydrogen-bond acceptors (Lipinski definition) is 3. The number of hydrogen-bond donors (Lipinski definition) is 2. The van der Waals surface area contributed by atoms with Crippen molar-refractivity contribution in [2.75, 3.05) is 13.1 Å². The summed E-state index contributed by atoms with van der Waals surface area (Å²) >= 11 is 0. The smallest absolute Gasteiger partial charge is 0.315 e. The summed E-state index contributed by atoms with van der Waals surface area (Å²) in [5.41, 5.74) is -0.189. The van der Waals surface area contributed by atoms with Gasteiger partial charge >= 0.3 is 6.03 Å². The Hall–Kier alpha value is -1.59. The molecule has 0 spiro atoms. The fourth-order valence-electron chi connectivity index (χ4n) is 4.17. The molecule has 0 bridgehead atoms. The lowest BCUT2D eigenvalue weighted by molar-refractivity contribution is -0.134. The van der Waals surface area contributed by atoms with Crippen LogP contribution < -0.4 is 10.6 Å². The fraction of sp³-hybridized carbons (Fsp3) is 0.857. The zero-order valence-electron chi connectivity index (χ0n) is 17.5. The summed E-state index contributed by atoms with van der Waals surface area (Å²) in [4.78, 5) is 38.9. The predicted molar refractivity (Wildman–Crippen MR) is 106 cm³/mol. The van der Waals surface area contributed by atoms with Crippen LogP contribution in [0.5, 0.6) is 0 Å². The van der Waals surface area contributed by atoms with Gasteiger partial charge in [0, 0.05) is 19.5 Å². The zero-order valence-corrected chi connectivity index (χ0v) is 17.5. The number of nitrogens with zero attached hydrogens (tertiary/aromatic N) is 1. The maximum atomic E-state index is 12.7. The highest BCUT2D eigenvalue weighted by molar-refractivity contribution is 5.87. The molecule has 2 rings (SSSR count). The van der Waals surface area contributed by atoms with Crippen molar-refractivity contribution < 1.29 is 14.4 Å². The Morgan fingerprint density at radius 1 is 1.07 bits per heavy atom. The number of amides is 3.